The maximum Gasteiger partial charge on any atom is 0.147 e. The molecule has 0 aliphatic heterocycles. The highest BCUT2D eigenvalue weighted by Crippen LogP contribution is 2.15. The summed E-state index contributed by atoms with van der Waals surface area (Å²) in [5, 5.41) is 17.6. The minimum Gasteiger partial charge on any atom is -0.489 e. The molecule has 0 saturated heterocycles. The first-order valence-corrected chi connectivity index (χ1v) is 6.00. The third-order valence-electron chi connectivity index (χ3n) is 2.54. The van der Waals surface area contributed by atoms with Gasteiger partial charge in [-0.15, -0.1) is 0 Å². The van der Waals surface area contributed by atoms with Crippen molar-refractivity contribution in [2.45, 2.75) is 6.61 Å². The second-order valence-electron chi connectivity index (χ2n) is 3.90. The first kappa shape index (κ1) is 13.6. The summed E-state index contributed by atoms with van der Waals surface area (Å²) in [7, 11) is 0. The van der Waals surface area contributed by atoms with Crippen LogP contribution in [0.2, 0.25) is 0 Å². The summed E-state index contributed by atoms with van der Waals surface area (Å²) in [6.45, 7) is 0.0971. The quantitative estimate of drug-likeness (QED) is 0.859. The molecule has 0 atom stereocenters. The maximum absolute atomic E-state index is 8.95. The molecule has 0 unspecified atom stereocenters. The molecule has 4 heteroatoms. The molecule has 0 saturated carbocycles. The molecule has 0 amide bonds. The lowest BCUT2D eigenvalue weighted by Gasteiger charge is -2.07. The Bertz CT molecular complexity index is 693. The molecular weight excluding hydrogens is 252 g/mol. The zero-order chi connectivity index (χ0) is 14.2. The summed E-state index contributed by atoms with van der Waals surface area (Å²) in [5.74, 6) is 6.05. The van der Waals surface area contributed by atoms with E-state index in [0.717, 1.165) is 11.1 Å². The predicted molar refractivity (Wildman–Crippen MR) is 73.7 cm³/mol. The average Bonchev–Trinajstić information content (AvgIpc) is 2.51. The van der Waals surface area contributed by atoms with E-state index in [1.54, 1.807) is 24.4 Å². The van der Waals surface area contributed by atoms with Crippen LogP contribution in [-0.4, -0.2) is 16.7 Å². The second kappa shape index (κ2) is 6.94. The van der Waals surface area contributed by atoms with Gasteiger partial charge in [-0.05, 0) is 24.3 Å². The molecule has 0 aliphatic rings. The van der Waals surface area contributed by atoms with E-state index in [1.807, 2.05) is 24.3 Å². The van der Waals surface area contributed by atoms with Gasteiger partial charge in [-0.3, -0.25) is 0 Å². The summed E-state index contributed by atoms with van der Waals surface area (Å²) in [4.78, 5) is 3.98. The number of pyridine rings is 1. The Balaban J connectivity index is 2.09. The Morgan fingerprint density at radius 2 is 2.15 bits per heavy atom. The van der Waals surface area contributed by atoms with E-state index in [9.17, 15) is 0 Å². The highest BCUT2D eigenvalue weighted by molar-refractivity contribution is 5.40. The third kappa shape index (κ3) is 3.58. The molecule has 1 heterocycles. The fourth-order valence-electron chi connectivity index (χ4n) is 1.62. The first-order valence-electron chi connectivity index (χ1n) is 6.00. The highest BCUT2D eigenvalue weighted by Gasteiger charge is 2.03. The summed E-state index contributed by atoms with van der Waals surface area (Å²) in [6.07, 6.45) is 1.58. The van der Waals surface area contributed by atoms with Crippen LogP contribution in [0.5, 0.6) is 5.75 Å². The number of rotatable bonds is 3. The molecule has 1 aromatic heterocycles. The van der Waals surface area contributed by atoms with Crippen molar-refractivity contribution in [1.29, 1.82) is 5.26 Å². The van der Waals surface area contributed by atoms with Crippen LogP contribution in [0.15, 0.2) is 42.6 Å². The summed E-state index contributed by atoms with van der Waals surface area (Å²) in [6, 6.07) is 12.9. The molecule has 0 aliphatic carbocycles. The van der Waals surface area contributed by atoms with Crippen LogP contribution in [0.4, 0.5) is 0 Å². The largest absolute Gasteiger partial charge is 0.489 e. The number of hydrogen-bond acceptors (Lipinski definition) is 4. The lowest BCUT2D eigenvalue weighted by molar-refractivity contribution is 0.305. The summed E-state index contributed by atoms with van der Waals surface area (Å²) >= 11 is 0. The Kier molecular flexibility index (Phi) is 4.72. The van der Waals surface area contributed by atoms with Gasteiger partial charge in [0.25, 0.3) is 0 Å². The Labute approximate surface area is 117 Å². The average molecular weight is 264 g/mol. The zero-order valence-electron chi connectivity index (χ0n) is 10.7. The van der Waals surface area contributed by atoms with Gasteiger partial charge < -0.3 is 9.84 Å². The Hall–Kier alpha value is -2.82. The first-order chi connectivity index (χ1) is 9.83. The Morgan fingerprint density at radius 1 is 1.25 bits per heavy atom. The monoisotopic (exact) mass is 264 g/mol. The van der Waals surface area contributed by atoms with E-state index in [-0.39, 0.29) is 13.2 Å². The molecule has 1 aromatic carbocycles. The van der Waals surface area contributed by atoms with Crippen molar-refractivity contribution in [1.82, 2.24) is 4.98 Å². The second-order valence-corrected chi connectivity index (χ2v) is 3.90. The molecule has 0 spiro atoms. The number of nitriles is 1. The molecule has 98 valence electrons. The number of benzene rings is 1. The van der Waals surface area contributed by atoms with Gasteiger partial charge in [-0.1, -0.05) is 24.0 Å². The van der Waals surface area contributed by atoms with Crippen molar-refractivity contribution < 1.29 is 9.84 Å². The van der Waals surface area contributed by atoms with Crippen LogP contribution in [0.1, 0.15) is 16.8 Å². The van der Waals surface area contributed by atoms with Gasteiger partial charge in [0.1, 0.15) is 30.7 Å². The number of aliphatic hydroxyl groups excluding tert-OH is 1. The molecule has 2 rings (SSSR count). The van der Waals surface area contributed by atoms with Crippen molar-refractivity contribution in [3.8, 4) is 23.7 Å². The van der Waals surface area contributed by atoms with Crippen molar-refractivity contribution in [3.05, 3.63) is 59.4 Å². The van der Waals surface area contributed by atoms with Gasteiger partial charge in [0, 0.05) is 17.3 Å². The molecule has 0 fully saturated rings. The molecular formula is C16H12N2O2. The van der Waals surface area contributed by atoms with E-state index in [0.29, 0.717) is 11.4 Å². The van der Waals surface area contributed by atoms with Crippen LogP contribution in [0, 0.1) is 23.2 Å². The van der Waals surface area contributed by atoms with Crippen molar-refractivity contribution >= 4 is 0 Å². The van der Waals surface area contributed by atoms with Crippen molar-refractivity contribution in [2.75, 3.05) is 6.61 Å². The van der Waals surface area contributed by atoms with Crippen LogP contribution in [0.3, 0.4) is 0 Å². The van der Waals surface area contributed by atoms with E-state index in [1.165, 1.54) is 0 Å². The van der Waals surface area contributed by atoms with Crippen LogP contribution in [-0.2, 0) is 6.61 Å². The minimum atomic E-state index is -0.174. The van der Waals surface area contributed by atoms with Crippen molar-refractivity contribution in [2.24, 2.45) is 0 Å². The summed E-state index contributed by atoms with van der Waals surface area (Å²) in [5.41, 5.74) is 1.87. The fraction of sp³-hybridized carbons (Fsp3) is 0.125. The fourth-order valence-corrected chi connectivity index (χ4v) is 1.62. The molecule has 2 aromatic rings. The predicted octanol–water partition coefficient (Wildman–Crippen LogP) is 1.88. The van der Waals surface area contributed by atoms with Gasteiger partial charge in [-0.2, -0.15) is 5.26 Å². The lowest BCUT2D eigenvalue weighted by Crippen LogP contribution is -1.99. The standard InChI is InChI=1S/C16H12N2O2/c17-11-16-14(6-2-8-18-16)12-20-15-7-1-4-13(10-15)5-3-9-19/h1-2,4,6-8,10,19H,9,12H2. The zero-order valence-corrected chi connectivity index (χ0v) is 10.7. The minimum absolute atomic E-state index is 0.174. The molecule has 0 radical (unpaired) electrons. The van der Waals surface area contributed by atoms with E-state index in [2.05, 4.69) is 16.8 Å². The maximum atomic E-state index is 8.95. The number of ether oxygens (including phenoxy) is 1. The van der Waals surface area contributed by atoms with Crippen molar-refractivity contribution in [3.63, 3.8) is 0 Å². The molecule has 4 nitrogen and oxygen atoms in total. The highest BCUT2D eigenvalue weighted by atomic mass is 16.5. The van der Waals surface area contributed by atoms with Gasteiger partial charge in [0.05, 0.1) is 0 Å². The normalized spacial score (nSPS) is 9.20. The molecule has 1 N–H and O–H groups in total. The molecule has 0 bridgehead atoms. The van der Waals surface area contributed by atoms with Gasteiger partial charge in [0.15, 0.2) is 0 Å². The van der Waals surface area contributed by atoms with Gasteiger partial charge in [-0.25, -0.2) is 4.98 Å². The van der Waals surface area contributed by atoms with Crippen LogP contribution in [0.25, 0.3) is 0 Å². The van der Waals surface area contributed by atoms with Crippen LogP contribution >= 0.6 is 0 Å². The number of aliphatic hydroxyl groups is 1. The number of aromatic nitrogens is 1. The molecule has 20 heavy (non-hydrogen) atoms. The van der Waals surface area contributed by atoms with E-state index in [4.69, 9.17) is 15.1 Å². The Morgan fingerprint density at radius 3 is 2.95 bits per heavy atom. The SMILES string of the molecule is N#Cc1ncccc1COc1cccc(C#CCO)c1. The third-order valence-corrected chi connectivity index (χ3v) is 2.54. The summed E-state index contributed by atoms with van der Waals surface area (Å²) < 4.78 is 5.63. The van der Waals surface area contributed by atoms with Gasteiger partial charge >= 0.3 is 0 Å². The lowest BCUT2D eigenvalue weighted by atomic mass is 10.2. The number of nitrogens with zero attached hydrogens (tertiary/aromatic N) is 2. The van der Waals surface area contributed by atoms with E-state index < -0.39 is 0 Å². The van der Waals surface area contributed by atoms with E-state index >= 15 is 0 Å². The number of hydrogen-bond donors (Lipinski definition) is 1. The van der Waals surface area contributed by atoms with Crippen LogP contribution < -0.4 is 4.74 Å². The van der Waals surface area contributed by atoms with Gasteiger partial charge in [0.2, 0.25) is 0 Å². The smallest absolute Gasteiger partial charge is 0.147 e. The topological polar surface area (TPSA) is 66.1 Å².